The van der Waals surface area contributed by atoms with Crippen molar-refractivity contribution in [1.82, 2.24) is 0 Å². The van der Waals surface area contributed by atoms with Gasteiger partial charge in [-0.15, -0.1) is 0 Å². The Bertz CT molecular complexity index is 399. The fraction of sp³-hybridized carbons (Fsp3) is 0.308. The molecule has 1 fully saturated rings. The van der Waals surface area contributed by atoms with Gasteiger partial charge in [0.1, 0.15) is 5.75 Å². The van der Waals surface area contributed by atoms with E-state index in [0.29, 0.717) is 5.56 Å². The number of carbonyl (C=O) groups is 1. The normalized spacial score (nSPS) is 14.3. The lowest BCUT2D eigenvalue weighted by Crippen LogP contribution is -2.02. The van der Waals surface area contributed by atoms with Crippen molar-refractivity contribution in [2.24, 2.45) is 0 Å². The maximum atomic E-state index is 11.8. The van der Waals surface area contributed by atoms with Gasteiger partial charge < -0.3 is 4.74 Å². The van der Waals surface area contributed by atoms with Gasteiger partial charge in [-0.1, -0.05) is 17.7 Å². The van der Waals surface area contributed by atoms with E-state index in [1.807, 2.05) is 18.2 Å². The number of ketones is 1. The van der Waals surface area contributed by atoms with Gasteiger partial charge in [-0.2, -0.15) is 0 Å². The molecule has 0 atom stereocenters. The second kappa shape index (κ2) is 4.30. The molecule has 1 aliphatic rings. The number of carbonyl (C=O) groups excluding carboxylic acids is 1. The highest BCUT2D eigenvalue weighted by molar-refractivity contribution is 6.05. The van der Waals surface area contributed by atoms with E-state index < -0.39 is 0 Å². The first kappa shape index (κ1) is 9.97. The molecule has 1 aromatic rings. The molecule has 1 saturated carbocycles. The first-order chi connectivity index (χ1) is 7.29. The summed E-state index contributed by atoms with van der Waals surface area (Å²) >= 11 is 0. The van der Waals surface area contributed by atoms with Crippen molar-refractivity contribution in [1.29, 1.82) is 0 Å². The highest BCUT2D eigenvalue weighted by Gasteiger charge is 2.11. The molecule has 78 valence electrons. The highest BCUT2D eigenvalue weighted by Crippen LogP contribution is 2.25. The summed E-state index contributed by atoms with van der Waals surface area (Å²) in [6, 6.07) is 7.28. The van der Waals surface area contributed by atoms with Gasteiger partial charge >= 0.3 is 0 Å². The molecule has 1 aliphatic carbocycles. The summed E-state index contributed by atoms with van der Waals surface area (Å²) in [5.74, 6) is 0.816. The van der Waals surface area contributed by atoms with E-state index in [9.17, 15) is 4.79 Å². The fourth-order valence-corrected chi connectivity index (χ4v) is 1.57. The smallest absolute Gasteiger partial charge is 0.185 e. The van der Waals surface area contributed by atoms with Crippen LogP contribution in [0.15, 0.2) is 35.9 Å². The van der Waals surface area contributed by atoms with Gasteiger partial charge in [0.25, 0.3) is 0 Å². The van der Waals surface area contributed by atoms with E-state index in [1.54, 1.807) is 19.3 Å². The van der Waals surface area contributed by atoms with Crippen LogP contribution in [0.25, 0.3) is 0 Å². The lowest BCUT2D eigenvalue weighted by molar-refractivity contribution is 0.104. The average Bonchev–Trinajstić information content (AvgIpc) is 2.23. The third-order valence-electron chi connectivity index (χ3n) is 2.69. The predicted octanol–water partition coefficient (Wildman–Crippen LogP) is 2.99. The summed E-state index contributed by atoms with van der Waals surface area (Å²) < 4.78 is 5.08. The van der Waals surface area contributed by atoms with Gasteiger partial charge in [0, 0.05) is 5.56 Å². The number of allylic oxidation sites excluding steroid dienone is 2. The lowest BCUT2D eigenvalue weighted by Gasteiger charge is -2.15. The number of hydrogen-bond donors (Lipinski definition) is 0. The molecule has 15 heavy (non-hydrogen) atoms. The molecule has 0 heterocycles. The SMILES string of the molecule is COc1cccc(C(=O)C=C2CCC2)c1. The van der Waals surface area contributed by atoms with Crippen LogP contribution in [0.1, 0.15) is 29.6 Å². The predicted molar refractivity (Wildman–Crippen MR) is 59.3 cm³/mol. The number of benzene rings is 1. The summed E-state index contributed by atoms with van der Waals surface area (Å²) in [7, 11) is 1.61. The van der Waals surface area contributed by atoms with Crippen LogP contribution >= 0.6 is 0 Å². The molecule has 0 aromatic heterocycles. The minimum atomic E-state index is 0.0867. The van der Waals surface area contributed by atoms with E-state index in [4.69, 9.17) is 4.74 Å². The summed E-state index contributed by atoms with van der Waals surface area (Å²) in [6.45, 7) is 0. The summed E-state index contributed by atoms with van der Waals surface area (Å²) in [5.41, 5.74) is 1.97. The van der Waals surface area contributed by atoms with Crippen molar-refractivity contribution >= 4 is 5.78 Å². The standard InChI is InChI=1S/C13H14O2/c1-15-12-7-3-6-11(9-12)13(14)8-10-4-2-5-10/h3,6-9H,2,4-5H2,1H3. The van der Waals surface area contributed by atoms with E-state index in [2.05, 4.69) is 0 Å². The van der Waals surface area contributed by atoms with Gasteiger partial charge in [0.2, 0.25) is 0 Å². The average molecular weight is 202 g/mol. The first-order valence-electron chi connectivity index (χ1n) is 5.17. The Labute approximate surface area is 89.6 Å². The van der Waals surface area contributed by atoms with E-state index >= 15 is 0 Å². The Balaban J connectivity index is 2.17. The summed E-state index contributed by atoms with van der Waals surface area (Å²) in [4.78, 5) is 11.8. The van der Waals surface area contributed by atoms with Crippen molar-refractivity contribution in [2.45, 2.75) is 19.3 Å². The van der Waals surface area contributed by atoms with Crippen molar-refractivity contribution in [3.63, 3.8) is 0 Å². The molecule has 2 heteroatoms. The van der Waals surface area contributed by atoms with Gasteiger partial charge in [0.05, 0.1) is 7.11 Å². The van der Waals surface area contributed by atoms with Crippen LogP contribution in [0.3, 0.4) is 0 Å². The van der Waals surface area contributed by atoms with E-state index in [-0.39, 0.29) is 5.78 Å². The zero-order chi connectivity index (χ0) is 10.7. The Hall–Kier alpha value is -1.57. The van der Waals surface area contributed by atoms with Crippen LogP contribution in [-0.2, 0) is 0 Å². The van der Waals surface area contributed by atoms with Crippen molar-refractivity contribution in [3.8, 4) is 5.75 Å². The maximum Gasteiger partial charge on any atom is 0.185 e. The summed E-state index contributed by atoms with van der Waals surface area (Å²) in [6.07, 6.45) is 5.14. The zero-order valence-electron chi connectivity index (χ0n) is 8.82. The molecule has 0 aliphatic heterocycles. The molecule has 0 radical (unpaired) electrons. The van der Waals surface area contributed by atoms with E-state index in [0.717, 1.165) is 18.6 Å². The third-order valence-corrected chi connectivity index (χ3v) is 2.69. The second-order valence-electron chi connectivity index (χ2n) is 3.75. The topological polar surface area (TPSA) is 26.3 Å². The first-order valence-corrected chi connectivity index (χ1v) is 5.17. The highest BCUT2D eigenvalue weighted by atomic mass is 16.5. The van der Waals surface area contributed by atoms with E-state index in [1.165, 1.54) is 12.0 Å². The van der Waals surface area contributed by atoms with Gasteiger partial charge in [0.15, 0.2) is 5.78 Å². The fourth-order valence-electron chi connectivity index (χ4n) is 1.57. The second-order valence-corrected chi connectivity index (χ2v) is 3.75. The molecule has 0 unspecified atom stereocenters. The van der Waals surface area contributed by atoms with Crippen LogP contribution in [0.5, 0.6) is 5.75 Å². The van der Waals surface area contributed by atoms with Crippen LogP contribution in [0.2, 0.25) is 0 Å². The van der Waals surface area contributed by atoms with Gasteiger partial charge in [-0.3, -0.25) is 4.79 Å². The monoisotopic (exact) mass is 202 g/mol. The molecule has 0 spiro atoms. The number of rotatable bonds is 3. The minimum absolute atomic E-state index is 0.0867. The van der Waals surface area contributed by atoms with Gasteiger partial charge in [-0.05, 0) is 37.5 Å². The van der Waals surface area contributed by atoms with Gasteiger partial charge in [-0.25, -0.2) is 0 Å². The van der Waals surface area contributed by atoms with Crippen molar-refractivity contribution < 1.29 is 9.53 Å². The van der Waals surface area contributed by atoms with Crippen LogP contribution < -0.4 is 4.74 Å². The molecular formula is C13H14O2. The molecule has 0 bridgehead atoms. The Morgan fingerprint density at radius 2 is 2.20 bits per heavy atom. The molecular weight excluding hydrogens is 188 g/mol. The largest absolute Gasteiger partial charge is 0.497 e. The molecule has 0 saturated heterocycles. The Kier molecular flexibility index (Phi) is 2.86. The Morgan fingerprint density at radius 1 is 1.40 bits per heavy atom. The van der Waals surface area contributed by atoms with Crippen molar-refractivity contribution in [2.75, 3.05) is 7.11 Å². The van der Waals surface area contributed by atoms with Crippen LogP contribution in [0.4, 0.5) is 0 Å². The molecule has 0 amide bonds. The number of methoxy groups -OCH3 is 1. The maximum absolute atomic E-state index is 11.8. The quantitative estimate of drug-likeness (QED) is 0.556. The van der Waals surface area contributed by atoms with Crippen LogP contribution in [0, 0.1) is 0 Å². The minimum Gasteiger partial charge on any atom is -0.497 e. The molecule has 1 aromatic carbocycles. The lowest BCUT2D eigenvalue weighted by atomic mass is 9.90. The molecule has 2 rings (SSSR count). The number of hydrogen-bond acceptors (Lipinski definition) is 2. The van der Waals surface area contributed by atoms with Crippen molar-refractivity contribution in [3.05, 3.63) is 41.5 Å². The third kappa shape index (κ3) is 2.27. The van der Waals surface area contributed by atoms with Crippen LogP contribution in [-0.4, -0.2) is 12.9 Å². The molecule has 2 nitrogen and oxygen atoms in total. The summed E-state index contributed by atoms with van der Waals surface area (Å²) in [5, 5.41) is 0. The number of ether oxygens (including phenoxy) is 1. The Morgan fingerprint density at radius 3 is 2.80 bits per heavy atom. The zero-order valence-corrected chi connectivity index (χ0v) is 8.82. The molecule has 0 N–H and O–H groups in total.